The van der Waals surface area contributed by atoms with Gasteiger partial charge in [0.15, 0.2) is 5.82 Å². The van der Waals surface area contributed by atoms with E-state index in [0.29, 0.717) is 24.3 Å². The van der Waals surface area contributed by atoms with Crippen molar-refractivity contribution in [3.8, 4) is 0 Å². The Kier molecular flexibility index (Phi) is 2.95. The van der Waals surface area contributed by atoms with Crippen LogP contribution in [-0.2, 0) is 9.84 Å². The average Bonchev–Trinajstić information content (AvgIpc) is 2.24. The summed E-state index contributed by atoms with van der Waals surface area (Å²) < 4.78 is 22.5. The molecule has 0 aromatic carbocycles. The Balaban J connectivity index is 2.00. The monoisotopic (exact) mass is 242 g/mol. The molecule has 0 spiro atoms. The Morgan fingerprint density at radius 2 is 2.06 bits per heavy atom. The summed E-state index contributed by atoms with van der Waals surface area (Å²) in [4.78, 5) is 7.80. The molecule has 16 heavy (non-hydrogen) atoms. The molecule has 0 bridgehead atoms. The molecule has 0 amide bonds. The zero-order chi connectivity index (χ0) is 11.6. The van der Waals surface area contributed by atoms with E-state index in [1.807, 2.05) is 0 Å². The molecular weight excluding hydrogens is 228 g/mol. The Bertz CT molecular complexity index is 460. The van der Waals surface area contributed by atoms with Crippen molar-refractivity contribution in [1.82, 2.24) is 9.97 Å². The van der Waals surface area contributed by atoms with Crippen molar-refractivity contribution in [3.05, 3.63) is 12.5 Å². The molecular formula is C9H14N4O2S. The van der Waals surface area contributed by atoms with Gasteiger partial charge in [-0.1, -0.05) is 0 Å². The van der Waals surface area contributed by atoms with Crippen LogP contribution in [0.5, 0.6) is 0 Å². The minimum absolute atomic E-state index is 0.126. The second kappa shape index (κ2) is 4.25. The molecule has 2 rings (SSSR count). The van der Waals surface area contributed by atoms with E-state index >= 15 is 0 Å². The van der Waals surface area contributed by atoms with E-state index in [-0.39, 0.29) is 17.5 Å². The minimum Gasteiger partial charge on any atom is -0.394 e. The Labute approximate surface area is 94.2 Å². The Hall–Kier alpha value is -1.37. The third kappa shape index (κ3) is 2.60. The van der Waals surface area contributed by atoms with Crippen molar-refractivity contribution in [1.29, 1.82) is 0 Å². The molecule has 7 heteroatoms. The van der Waals surface area contributed by atoms with Crippen LogP contribution in [0.3, 0.4) is 0 Å². The zero-order valence-corrected chi connectivity index (χ0v) is 9.57. The highest BCUT2D eigenvalue weighted by atomic mass is 32.2. The van der Waals surface area contributed by atoms with Gasteiger partial charge in [-0.15, -0.1) is 0 Å². The number of nitrogens with zero attached hydrogens (tertiary/aromatic N) is 2. The maximum absolute atomic E-state index is 11.2. The summed E-state index contributed by atoms with van der Waals surface area (Å²) in [5, 5.41) is 3.15. The van der Waals surface area contributed by atoms with Crippen LogP contribution in [0.15, 0.2) is 12.5 Å². The number of sulfone groups is 1. The summed E-state index contributed by atoms with van der Waals surface area (Å²) in [5.41, 5.74) is 6.17. The topological polar surface area (TPSA) is 98.0 Å². The number of nitrogen functional groups attached to an aromatic ring is 1. The quantitative estimate of drug-likeness (QED) is 0.760. The zero-order valence-electron chi connectivity index (χ0n) is 8.76. The fourth-order valence-electron chi connectivity index (χ4n) is 1.69. The summed E-state index contributed by atoms with van der Waals surface area (Å²) in [6.07, 6.45) is 4.14. The van der Waals surface area contributed by atoms with E-state index in [0.717, 1.165) is 0 Å². The maximum atomic E-state index is 11.2. The van der Waals surface area contributed by atoms with Gasteiger partial charge >= 0.3 is 0 Å². The lowest BCUT2D eigenvalue weighted by molar-refractivity contribution is 0.559. The smallest absolute Gasteiger partial charge is 0.152 e. The molecule has 1 fully saturated rings. The van der Waals surface area contributed by atoms with E-state index in [1.54, 1.807) is 0 Å². The SMILES string of the molecule is Nc1cncnc1NC1CCS(=O)(=O)CC1. The molecule has 0 atom stereocenters. The first-order valence-corrected chi connectivity index (χ1v) is 6.91. The molecule has 0 aliphatic carbocycles. The van der Waals surface area contributed by atoms with Crippen molar-refractivity contribution in [2.45, 2.75) is 18.9 Å². The number of hydrogen-bond donors (Lipinski definition) is 2. The van der Waals surface area contributed by atoms with Gasteiger partial charge in [0.1, 0.15) is 16.2 Å². The number of hydrogen-bond acceptors (Lipinski definition) is 6. The summed E-state index contributed by atoms with van der Waals surface area (Å²) in [7, 11) is -2.82. The normalized spacial score (nSPS) is 20.5. The Morgan fingerprint density at radius 1 is 1.38 bits per heavy atom. The predicted molar refractivity (Wildman–Crippen MR) is 61.7 cm³/mol. The first kappa shape index (κ1) is 11.1. The molecule has 2 heterocycles. The highest BCUT2D eigenvalue weighted by Gasteiger charge is 2.23. The van der Waals surface area contributed by atoms with Crippen LogP contribution in [0.4, 0.5) is 11.5 Å². The van der Waals surface area contributed by atoms with Crippen LogP contribution in [0.2, 0.25) is 0 Å². The predicted octanol–water partition coefficient (Wildman–Crippen LogP) is 0.0479. The minimum atomic E-state index is -2.82. The van der Waals surface area contributed by atoms with Crippen LogP contribution in [-0.4, -0.2) is 35.9 Å². The maximum Gasteiger partial charge on any atom is 0.152 e. The van der Waals surface area contributed by atoms with Gasteiger partial charge in [-0.3, -0.25) is 0 Å². The van der Waals surface area contributed by atoms with Gasteiger partial charge in [-0.2, -0.15) is 0 Å². The standard InChI is InChI=1S/C9H14N4O2S/c10-8-5-11-6-12-9(8)13-7-1-3-16(14,15)4-2-7/h5-7H,1-4,10H2,(H,11,12,13). The third-order valence-electron chi connectivity index (χ3n) is 2.64. The van der Waals surface area contributed by atoms with E-state index in [1.165, 1.54) is 12.5 Å². The molecule has 1 saturated heterocycles. The lowest BCUT2D eigenvalue weighted by atomic mass is 10.1. The number of aromatic nitrogens is 2. The molecule has 6 nitrogen and oxygen atoms in total. The number of rotatable bonds is 2. The van der Waals surface area contributed by atoms with Gasteiger partial charge in [0, 0.05) is 6.04 Å². The lowest BCUT2D eigenvalue weighted by Gasteiger charge is -2.23. The second-order valence-electron chi connectivity index (χ2n) is 3.90. The van der Waals surface area contributed by atoms with Gasteiger partial charge in [0.2, 0.25) is 0 Å². The second-order valence-corrected chi connectivity index (χ2v) is 6.20. The largest absolute Gasteiger partial charge is 0.394 e. The molecule has 0 radical (unpaired) electrons. The van der Waals surface area contributed by atoms with Crippen molar-refractivity contribution < 1.29 is 8.42 Å². The number of anilines is 2. The molecule has 1 aliphatic rings. The average molecular weight is 242 g/mol. The van der Waals surface area contributed by atoms with Crippen molar-refractivity contribution in [2.24, 2.45) is 0 Å². The van der Waals surface area contributed by atoms with Crippen LogP contribution < -0.4 is 11.1 Å². The molecule has 1 aromatic rings. The summed E-state index contributed by atoms with van der Waals surface area (Å²) in [6, 6.07) is 0.126. The Morgan fingerprint density at radius 3 is 2.69 bits per heavy atom. The van der Waals surface area contributed by atoms with Gasteiger partial charge in [0.05, 0.1) is 23.4 Å². The van der Waals surface area contributed by atoms with Crippen LogP contribution >= 0.6 is 0 Å². The van der Waals surface area contributed by atoms with Crippen LogP contribution in [0.1, 0.15) is 12.8 Å². The molecule has 0 saturated carbocycles. The van der Waals surface area contributed by atoms with Crippen molar-refractivity contribution in [3.63, 3.8) is 0 Å². The van der Waals surface area contributed by atoms with Gasteiger partial charge in [-0.25, -0.2) is 18.4 Å². The number of nitrogens with two attached hydrogens (primary N) is 1. The van der Waals surface area contributed by atoms with Gasteiger partial charge in [-0.05, 0) is 12.8 Å². The first-order valence-electron chi connectivity index (χ1n) is 5.09. The lowest BCUT2D eigenvalue weighted by Crippen LogP contribution is -2.32. The fraction of sp³-hybridized carbons (Fsp3) is 0.556. The van der Waals surface area contributed by atoms with E-state index in [9.17, 15) is 8.42 Å². The third-order valence-corrected chi connectivity index (χ3v) is 4.35. The van der Waals surface area contributed by atoms with Crippen molar-refractivity contribution >= 4 is 21.3 Å². The summed E-state index contributed by atoms with van der Waals surface area (Å²) >= 11 is 0. The molecule has 1 aliphatic heterocycles. The highest BCUT2D eigenvalue weighted by molar-refractivity contribution is 7.91. The van der Waals surface area contributed by atoms with Crippen LogP contribution in [0, 0.1) is 0 Å². The first-order chi connectivity index (χ1) is 7.57. The fourth-order valence-corrected chi connectivity index (χ4v) is 3.18. The van der Waals surface area contributed by atoms with E-state index < -0.39 is 9.84 Å². The number of nitrogens with one attached hydrogen (secondary N) is 1. The van der Waals surface area contributed by atoms with Crippen LogP contribution in [0.25, 0.3) is 0 Å². The van der Waals surface area contributed by atoms with E-state index in [4.69, 9.17) is 5.73 Å². The summed E-state index contributed by atoms with van der Waals surface area (Å²) in [5.74, 6) is 1.05. The highest BCUT2D eigenvalue weighted by Crippen LogP contribution is 2.19. The van der Waals surface area contributed by atoms with Gasteiger partial charge < -0.3 is 11.1 Å². The van der Waals surface area contributed by atoms with Gasteiger partial charge in [0.25, 0.3) is 0 Å². The molecule has 3 N–H and O–H groups in total. The molecule has 88 valence electrons. The van der Waals surface area contributed by atoms with Crippen molar-refractivity contribution in [2.75, 3.05) is 22.6 Å². The molecule has 1 aromatic heterocycles. The molecule has 0 unspecified atom stereocenters. The summed E-state index contributed by atoms with van der Waals surface area (Å²) in [6.45, 7) is 0. The van der Waals surface area contributed by atoms with E-state index in [2.05, 4.69) is 15.3 Å².